The summed E-state index contributed by atoms with van der Waals surface area (Å²) in [4.78, 5) is 11.8. The summed E-state index contributed by atoms with van der Waals surface area (Å²) in [5, 5.41) is 32.1. The Hall–Kier alpha value is -0.710. The number of aliphatic hydroxyl groups excluding tert-OH is 3. The van der Waals surface area contributed by atoms with Crippen LogP contribution in [0.3, 0.4) is 0 Å². The molecule has 4 nitrogen and oxygen atoms in total. The van der Waals surface area contributed by atoms with Gasteiger partial charge in [0.1, 0.15) is 6.10 Å². The molecule has 0 radical (unpaired) electrons. The molecule has 0 amide bonds. The average molecular weight is 320 g/mol. The summed E-state index contributed by atoms with van der Waals surface area (Å²) >= 11 is 0. The largest absolute Gasteiger partial charge is 0.393 e. The van der Waals surface area contributed by atoms with Crippen LogP contribution in [0, 0.1) is 28.6 Å². The van der Waals surface area contributed by atoms with Gasteiger partial charge in [-0.05, 0) is 72.3 Å². The van der Waals surface area contributed by atoms with Crippen LogP contribution in [0.15, 0.2) is 11.6 Å². The molecule has 4 aliphatic rings. The summed E-state index contributed by atoms with van der Waals surface area (Å²) in [6, 6.07) is 0. The van der Waals surface area contributed by atoms with Crippen LogP contribution in [0.1, 0.15) is 52.4 Å². The van der Waals surface area contributed by atoms with E-state index in [1.807, 2.05) is 0 Å². The minimum Gasteiger partial charge on any atom is -0.393 e. The monoisotopic (exact) mass is 320 g/mol. The molecule has 23 heavy (non-hydrogen) atoms. The lowest BCUT2D eigenvalue weighted by atomic mass is 9.46. The molecule has 0 spiro atoms. The van der Waals surface area contributed by atoms with E-state index in [0.717, 1.165) is 37.7 Å². The van der Waals surface area contributed by atoms with E-state index in [-0.39, 0.29) is 34.6 Å². The van der Waals surface area contributed by atoms with Gasteiger partial charge in [0.05, 0.1) is 12.2 Å². The Morgan fingerprint density at radius 2 is 1.78 bits per heavy atom. The lowest BCUT2D eigenvalue weighted by Gasteiger charge is -2.60. The third-order valence-corrected chi connectivity index (χ3v) is 8.00. The maximum Gasteiger partial charge on any atom is 0.155 e. The molecule has 4 heteroatoms. The topological polar surface area (TPSA) is 77.8 Å². The van der Waals surface area contributed by atoms with Crippen LogP contribution < -0.4 is 0 Å². The second-order valence-corrected chi connectivity index (χ2v) is 8.85. The van der Waals surface area contributed by atoms with Crippen molar-refractivity contribution in [2.75, 3.05) is 0 Å². The molecule has 0 aromatic heterocycles. The van der Waals surface area contributed by atoms with Crippen molar-refractivity contribution in [3.8, 4) is 0 Å². The van der Waals surface area contributed by atoms with E-state index in [4.69, 9.17) is 0 Å². The van der Waals surface area contributed by atoms with Crippen molar-refractivity contribution in [1.82, 2.24) is 0 Å². The highest BCUT2D eigenvalue weighted by Gasteiger charge is 2.63. The van der Waals surface area contributed by atoms with Crippen molar-refractivity contribution in [1.29, 1.82) is 0 Å². The first-order valence-corrected chi connectivity index (χ1v) is 9.08. The molecule has 0 saturated heterocycles. The average Bonchev–Trinajstić information content (AvgIpc) is 2.82. The van der Waals surface area contributed by atoms with Gasteiger partial charge in [-0.1, -0.05) is 13.8 Å². The summed E-state index contributed by atoms with van der Waals surface area (Å²) in [7, 11) is 0. The molecular weight excluding hydrogens is 292 g/mol. The van der Waals surface area contributed by atoms with E-state index in [9.17, 15) is 20.1 Å². The Balaban J connectivity index is 1.78. The molecule has 3 saturated carbocycles. The molecule has 0 heterocycles. The SMILES string of the molecule is CC12CCC(=O)C=C1C(O)C(O)C1C2CCC2(C)C(O)CCC12. The maximum absolute atomic E-state index is 11.8. The van der Waals surface area contributed by atoms with E-state index >= 15 is 0 Å². The van der Waals surface area contributed by atoms with Gasteiger partial charge in [0.25, 0.3) is 0 Å². The van der Waals surface area contributed by atoms with Gasteiger partial charge >= 0.3 is 0 Å². The van der Waals surface area contributed by atoms with Gasteiger partial charge in [0.15, 0.2) is 5.78 Å². The number of ketones is 1. The van der Waals surface area contributed by atoms with Gasteiger partial charge in [-0.25, -0.2) is 0 Å². The molecular formula is C19H28O4. The number of carbonyl (C=O) groups excluding carboxylic acids is 1. The highest BCUT2D eigenvalue weighted by atomic mass is 16.3. The van der Waals surface area contributed by atoms with Crippen LogP contribution in [0.5, 0.6) is 0 Å². The summed E-state index contributed by atoms with van der Waals surface area (Å²) in [6.45, 7) is 4.33. The predicted molar refractivity (Wildman–Crippen MR) is 85.5 cm³/mol. The lowest BCUT2D eigenvalue weighted by Crippen LogP contribution is -2.60. The van der Waals surface area contributed by atoms with Gasteiger partial charge in [0.2, 0.25) is 0 Å². The maximum atomic E-state index is 11.8. The van der Waals surface area contributed by atoms with Gasteiger partial charge < -0.3 is 15.3 Å². The molecule has 3 fully saturated rings. The van der Waals surface area contributed by atoms with Crippen molar-refractivity contribution in [3.63, 3.8) is 0 Å². The Morgan fingerprint density at radius 1 is 1.04 bits per heavy atom. The third-order valence-electron chi connectivity index (χ3n) is 8.00. The van der Waals surface area contributed by atoms with Gasteiger partial charge in [0, 0.05) is 6.42 Å². The Bertz CT molecular complexity index is 570. The number of hydrogen-bond acceptors (Lipinski definition) is 4. The standard InChI is InChI=1S/C19H28O4/c1-18-7-5-10(20)9-13(18)16(22)17(23)15-11-3-4-14(21)19(11,2)8-6-12(15)18/h9,11-12,14-17,21-23H,3-8H2,1-2H3. The highest BCUT2D eigenvalue weighted by molar-refractivity contribution is 5.92. The van der Waals surface area contributed by atoms with Crippen LogP contribution >= 0.6 is 0 Å². The van der Waals surface area contributed by atoms with E-state index in [1.165, 1.54) is 0 Å². The van der Waals surface area contributed by atoms with Crippen molar-refractivity contribution in [2.45, 2.75) is 70.7 Å². The molecule has 128 valence electrons. The molecule has 0 aromatic rings. The van der Waals surface area contributed by atoms with E-state index in [2.05, 4.69) is 13.8 Å². The van der Waals surface area contributed by atoms with Gasteiger partial charge in [-0.15, -0.1) is 0 Å². The zero-order chi connectivity index (χ0) is 16.6. The summed E-state index contributed by atoms with van der Waals surface area (Å²) < 4.78 is 0. The molecule has 8 atom stereocenters. The zero-order valence-electron chi connectivity index (χ0n) is 14.0. The van der Waals surface area contributed by atoms with Crippen LogP contribution in [-0.4, -0.2) is 39.4 Å². The van der Waals surface area contributed by atoms with Gasteiger partial charge in [-0.2, -0.15) is 0 Å². The molecule has 3 N–H and O–H groups in total. The molecule has 8 unspecified atom stereocenters. The van der Waals surface area contributed by atoms with Crippen molar-refractivity contribution in [2.24, 2.45) is 28.6 Å². The Morgan fingerprint density at radius 3 is 2.52 bits per heavy atom. The fourth-order valence-corrected chi connectivity index (χ4v) is 6.54. The summed E-state index contributed by atoms with van der Waals surface area (Å²) in [5.74, 6) is 0.649. The molecule has 0 aliphatic heterocycles. The summed E-state index contributed by atoms with van der Waals surface area (Å²) in [5.41, 5.74) is 0.431. The molecule has 0 aromatic carbocycles. The van der Waals surface area contributed by atoms with Crippen molar-refractivity contribution < 1.29 is 20.1 Å². The van der Waals surface area contributed by atoms with Crippen LogP contribution in [0.2, 0.25) is 0 Å². The number of rotatable bonds is 0. The first kappa shape index (κ1) is 15.8. The number of fused-ring (bicyclic) bond motifs is 5. The van der Waals surface area contributed by atoms with Crippen LogP contribution in [0.25, 0.3) is 0 Å². The fraction of sp³-hybridized carbons (Fsp3) is 0.842. The van der Waals surface area contributed by atoms with Crippen molar-refractivity contribution >= 4 is 5.78 Å². The lowest BCUT2D eigenvalue weighted by molar-refractivity contribution is -0.155. The van der Waals surface area contributed by atoms with E-state index in [0.29, 0.717) is 12.3 Å². The minimum atomic E-state index is -0.939. The Kier molecular flexibility index (Phi) is 3.37. The van der Waals surface area contributed by atoms with Crippen LogP contribution in [0.4, 0.5) is 0 Å². The van der Waals surface area contributed by atoms with Crippen LogP contribution in [-0.2, 0) is 4.79 Å². The Labute approximate surface area is 137 Å². The van der Waals surface area contributed by atoms with Crippen molar-refractivity contribution in [3.05, 3.63) is 11.6 Å². The highest BCUT2D eigenvalue weighted by Crippen LogP contribution is 2.65. The zero-order valence-corrected chi connectivity index (χ0v) is 14.0. The first-order valence-electron chi connectivity index (χ1n) is 9.08. The predicted octanol–water partition coefficient (Wildman–Crippen LogP) is 1.82. The smallest absolute Gasteiger partial charge is 0.155 e. The van der Waals surface area contributed by atoms with Gasteiger partial charge in [-0.3, -0.25) is 4.79 Å². The molecule has 4 rings (SSSR count). The number of hydrogen-bond donors (Lipinski definition) is 3. The number of carbonyl (C=O) groups is 1. The normalized spacial score (nSPS) is 55.7. The second-order valence-electron chi connectivity index (χ2n) is 8.85. The van der Waals surface area contributed by atoms with E-state index in [1.54, 1.807) is 6.08 Å². The van der Waals surface area contributed by atoms with E-state index < -0.39 is 12.2 Å². The molecule has 0 bridgehead atoms. The summed E-state index contributed by atoms with van der Waals surface area (Å²) in [6.07, 6.45) is 4.51. The first-order chi connectivity index (χ1) is 10.8. The third kappa shape index (κ3) is 1.92. The quantitative estimate of drug-likeness (QED) is 0.636. The minimum absolute atomic E-state index is 0.0243. The number of aliphatic hydroxyl groups is 3. The molecule has 4 aliphatic carbocycles. The second kappa shape index (κ2) is 4.90. The fourth-order valence-electron chi connectivity index (χ4n) is 6.54.